The predicted molar refractivity (Wildman–Crippen MR) is 90.5 cm³/mol. The van der Waals surface area contributed by atoms with Crippen LogP contribution < -0.4 is 10.6 Å². The van der Waals surface area contributed by atoms with Gasteiger partial charge in [0.25, 0.3) is 0 Å². The van der Waals surface area contributed by atoms with Gasteiger partial charge in [0.2, 0.25) is 0 Å². The normalized spacial score (nSPS) is 22.2. The minimum atomic E-state index is -0.315. The number of halogens is 1. The van der Waals surface area contributed by atoms with Crippen LogP contribution in [0.25, 0.3) is 0 Å². The summed E-state index contributed by atoms with van der Waals surface area (Å²) in [6.07, 6.45) is 4.91. The Balaban J connectivity index is 1.52. The van der Waals surface area contributed by atoms with Gasteiger partial charge in [-0.3, -0.25) is 4.98 Å². The first-order valence-corrected chi connectivity index (χ1v) is 8.71. The monoisotopic (exact) mass is 325 g/mol. The summed E-state index contributed by atoms with van der Waals surface area (Å²) in [5.74, 6) is -0.315. The number of likely N-dealkylation sites (N-methyl/N-ethyl adjacent to an activating group) is 1. The predicted octanol–water partition coefficient (Wildman–Crippen LogP) is 1.67. The van der Waals surface area contributed by atoms with Crippen molar-refractivity contribution in [1.29, 1.82) is 0 Å². The van der Waals surface area contributed by atoms with Crippen molar-refractivity contribution in [2.24, 2.45) is 0 Å². The summed E-state index contributed by atoms with van der Waals surface area (Å²) in [5, 5.41) is 0.630. The van der Waals surface area contributed by atoms with Crippen molar-refractivity contribution in [2.45, 2.75) is 18.1 Å². The average Bonchev–Trinajstić information content (AvgIpc) is 2.51. The van der Waals surface area contributed by atoms with Gasteiger partial charge in [0, 0.05) is 44.5 Å². The number of pyridine rings is 1. The van der Waals surface area contributed by atoms with Crippen LogP contribution in [-0.4, -0.2) is 65.8 Å². The van der Waals surface area contributed by atoms with E-state index in [-0.39, 0.29) is 5.82 Å². The lowest BCUT2D eigenvalue weighted by Gasteiger charge is -2.38. The zero-order valence-corrected chi connectivity index (χ0v) is 13.9. The SMILES string of the molecule is CN1CCN(SC2CCN(c3c(N)cncc3F)CC2)CC1. The van der Waals surface area contributed by atoms with Gasteiger partial charge >= 0.3 is 0 Å². The number of nitrogens with two attached hydrogens (primary N) is 1. The number of hydrogen-bond donors (Lipinski definition) is 1. The molecule has 1 aromatic heterocycles. The number of hydrogen-bond acceptors (Lipinski definition) is 6. The molecule has 0 aromatic carbocycles. The molecule has 5 nitrogen and oxygen atoms in total. The first-order valence-electron chi connectivity index (χ1n) is 7.87. The topological polar surface area (TPSA) is 48.6 Å². The lowest BCUT2D eigenvalue weighted by atomic mass is 10.1. The van der Waals surface area contributed by atoms with Crippen LogP contribution >= 0.6 is 11.9 Å². The fourth-order valence-corrected chi connectivity index (χ4v) is 4.28. The van der Waals surface area contributed by atoms with Gasteiger partial charge in [0.15, 0.2) is 5.82 Å². The third-order valence-corrected chi connectivity index (χ3v) is 5.85. The van der Waals surface area contributed by atoms with E-state index >= 15 is 0 Å². The Morgan fingerprint density at radius 2 is 1.82 bits per heavy atom. The first-order chi connectivity index (χ1) is 10.6. The average molecular weight is 325 g/mol. The molecule has 3 rings (SSSR count). The highest BCUT2D eigenvalue weighted by molar-refractivity contribution is 7.97. The van der Waals surface area contributed by atoms with Crippen LogP contribution in [0.15, 0.2) is 12.4 Å². The molecule has 0 saturated carbocycles. The molecule has 1 aromatic rings. The van der Waals surface area contributed by atoms with E-state index in [9.17, 15) is 4.39 Å². The summed E-state index contributed by atoms with van der Waals surface area (Å²) in [4.78, 5) is 8.23. The smallest absolute Gasteiger partial charge is 0.166 e. The van der Waals surface area contributed by atoms with Gasteiger partial charge in [-0.15, -0.1) is 0 Å². The highest BCUT2D eigenvalue weighted by atomic mass is 32.2. The summed E-state index contributed by atoms with van der Waals surface area (Å²) in [7, 11) is 2.17. The Hall–Kier alpha value is -1.05. The maximum Gasteiger partial charge on any atom is 0.166 e. The molecule has 0 aliphatic carbocycles. The van der Waals surface area contributed by atoms with Crippen molar-refractivity contribution >= 4 is 23.3 Å². The Kier molecular flexibility index (Phi) is 5.05. The molecule has 3 heterocycles. The van der Waals surface area contributed by atoms with Crippen LogP contribution in [0, 0.1) is 5.82 Å². The summed E-state index contributed by atoms with van der Waals surface area (Å²) < 4.78 is 16.4. The number of piperazine rings is 1. The summed E-state index contributed by atoms with van der Waals surface area (Å²) >= 11 is 1.99. The van der Waals surface area contributed by atoms with Gasteiger partial charge in [0.05, 0.1) is 23.8 Å². The van der Waals surface area contributed by atoms with Gasteiger partial charge in [-0.05, 0) is 19.9 Å². The van der Waals surface area contributed by atoms with Crippen molar-refractivity contribution in [3.8, 4) is 0 Å². The van der Waals surface area contributed by atoms with Crippen LogP contribution in [0.4, 0.5) is 15.8 Å². The summed E-state index contributed by atoms with van der Waals surface area (Å²) in [5.41, 5.74) is 6.85. The van der Waals surface area contributed by atoms with Crippen molar-refractivity contribution in [3.05, 3.63) is 18.2 Å². The quantitative estimate of drug-likeness (QED) is 0.853. The molecule has 0 unspecified atom stereocenters. The van der Waals surface area contributed by atoms with Crippen LogP contribution in [0.3, 0.4) is 0 Å². The maximum absolute atomic E-state index is 13.9. The van der Waals surface area contributed by atoms with Crippen LogP contribution in [0.5, 0.6) is 0 Å². The lowest BCUT2D eigenvalue weighted by Crippen LogP contribution is -2.43. The van der Waals surface area contributed by atoms with E-state index in [1.54, 1.807) is 0 Å². The number of aromatic nitrogens is 1. The molecule has 0 radical (unpaired) electrons. The van der Waals surface area contributed by atoms with Crippen molar-refractivity contribution in [1.82, 2.24) is 14.2 Å². The molecule has 0 atom stereocenters. The molecule has 2 N–H and O–H groups in total. The molecule has 0 amide bonds. The van der Waals surface area contributed by atoms with Crippen molar-refractivity contribution in [3.63, 3.8) is 0 Å². The van der Waals surface area contributed by atoms with Crippen LogP contribution in [0.1, 0.15) is 12.8 Å². The third kappa shape index (κ3) is 3.64. The van der Waals surface area contributed by atoms with E-state index in [4.69, 9.17) is 5.73 Å². The number of piperidine rings is 1. The van der Waals surface area contributed by atoms with E-state index in [0.717, 1.165) is 52.1 Å². The van der Waals surface area contributed by atoms with Crippen molar-refractivity contribution < 1.29 is 4.39 Å². The number of anilines is 2. The zero-order valence-electron chi connectivity index (χ0n) is 13.0. The molecule has 0 spiro atoms. The van der Waals surface area contributed by atoms with E-state index in [0.29, 0.717) is 16.6 Å². The third-order valence-electron chi connectivity index (χ3n) is 4.42. The van der Waals surface area contributed by atoms with Gasteiger partial charge in [-0.25, -0.2) is 8.70 Å². The Bertz CT molecular complexity index is 478. The zero-order chi connectivity index (χ0) is 15.5. The largest absolute Gasteiger partial charge is 0.396 e. The second-order valence-electron chi connectivity index (χ2n) is 6.08. The van der Waals surface area contributed by atoms with E-state index < -0.39 is 0 Å². The van der Waals surface area contributed by atoms with Crippen LogP contribution in [-0.2, 0) is 0 Å². The Morgan fingerprint density at radius 1 is 1.14 bits per heavy atom. The lowest BCUT2D eigenvalue weighted by molar-refractivity contribution is 0.232. The van der Waals surface area contributed by atoms with Gasteiger partial charge in [-0.2, -0.15) is 0 Å². The molecule has 2 saturated heterocycles. The van der Waals surface area contributed by atoms with E-state index in [1.165, 1.54) is 12.4 Å². The molecule has 22 heavy (non-hydrogen) atoms. The Morgan fingerprint density at radius 3 is 2.45 bits per heavy atom. The molecule has 7 heteroatoms. The van der Waals surface area contributed by atoms with Gasteiger partial charge in [-0.1, -0.05) is 11.9 Å². The molecule has 2 fully saturated rings. The van der Waals surface area contributed by atoms with Gasteiger partial charge < -0.3 is 15.5 Å². The summed E-state index contributed by atoms with van der Waals surface area (Å²) in [6.45, 7) is 6.27. The van der Waals surface area contributed by atoms with E-state index in [2.05, 4.69) is 26.1 Å². The minimum Gasteiger partial charge on any atom is -0.396 e. The molecular weight excluding hydrogens is 301 g/mol. The fourth-order valence-electron chi connectivity index (χ4n) is 3.07. The minimum absolute atomic E-state index is 0.315. The number of rotatable bonds is 3. The summed E-state index contributed by atoms with van der Waals surface area (Å²) in [6, 6.07) is 0. The second-order valence-corrected chi connectivity index (χ2v) is 7.48. The Labute approximate surface area is 135 Å². The standard InChI is InChI=1S/C15H24FN5S/c1-19-6-8-21(9-7-19)22-12-2-4-20(5-3-12)15-13(16)10-18-11-14(15)17/h10-12H,2-9,17H2,1H3. The fraction of sp³-hybridized carbons (Fsp3) is 0.667. The first kappa shape index (κ1) is 15.8. The molecule has 122 valence electrons. The van der Waals surface area contributed by atoms with Gasteiger partial charge in [0.1, 0.15) is 0 Å². The highest BCUT2D eigenvalue weighted by Crippen LogP contribution is 2.32. The molecule has 2 aliphatic heterocycles. The van der Waals surface area contributed by atoms with Crippen molar-refractivity contribution in [2.75, 3.05) is 56.9 Å². The van der Waals surface area contributed by atoms with Crippen LogP contribution in [0.2, 0.25) is 0 Å². The number of nitrogens with zero attached hydrogens (tertiary/aromatic N) is 4. The number of nitrogen functional groups attached to an aromatic ring is 1. The highest BCUT2D eigenvalue weighted by Gasteiger charge is 2.26. The molecule has 2 aliphatic rings. The molecule has 0 bridgehead atoms. The molecular formula is C15H24FN5S. The maximum atomic E-state index is 13.9. The van der Waals surface area contributed by atoms with E-state index in [1.807, 2.05) is 11.9 Å². The second kappa shape index (κ2) is 7.02.